The Hall–Kier alpha value is -4.88. The first-order chi connectivity index (χ1) is 17.6. The van der Waals surface area contributed by atoms with Gasteiger partial charge >= 0.3 is 11.9 Å². The van der Waals surface area contributed by atoms with Gasteiger partial charge in [-0.15, -0.1) is 10.2 Å². The van der Waals surface area contributed by atoms with Gasteiger partial charge in [-0.2, -0.15) is 0 Å². The van der Waals surface area contributed by atoms with Crippen LogP contribution in [0.3, 0.4) is 0 Å². The molecule has 7 heteroatoms. The van der Waals surface area contributed by atoms with Crippen molar-refractivity contribution in [2.45, 2.75) is 5.60 Å². The minimum Gasteiger partial charge on any atom is -0.372 e. The zero-order valence-electron chi connectivity index (χ0n) is 19.2. The van der Waals surface area contributed by atoms with Crippen LogP contribution < -0.4 is 5.48 Å². The third kappa shape index (κ3) is 5.97. The lowest BCUT2D eigenvalue weighted by atomic mass is 9.86. The molecule has 0 aliphatic rings. The Bertz CT molecular complexity index is 1310. The van der Waals surface area contributed by atoms with Crippen LogP contribution in [-0.2, 0) is 20.0 Å². The number of hydrogen-bond donors (Lipinski definition) is 2. The Morgan fingerprint density at radius 2 is 1.28 bits per heavy atom. The van der Waals surface area contributed by atoms with Gasteiger partial charge in [-0.05, 0) is 47.0 Å². The van der Waals surface area contributed by atoms with E-state index >= 15 is 0 Å². The van der Waals surface area contributed by atoms with E-state index in [2.05, 4.69) is 15.7 Å². The van der Waals surface area contributed by atoms with Crippen LogP contribution in [0, 0.1) is 0 Å². The molecular formula is C29H23N3O4. The van der Waals surface area contributed by atoms with Crippen molar-refractivity contribution in [1.29, 1.82) is 0 Å². The molecule has 0 saturated carbocycles. The van der Waals surface area contributed by atoms with E-state index in [-0.39, 0.29) is 0 Å². The van der Waals surface area contributed by atoms with Gasteiger partial charge in [-0.25, -0.2) is 10.3 Å². The average Bonchev–Trinajstić information content (AvgIpc) is 2.95. The van der Waals surface area contributed by atoms with Crippen molar-refractivity contribution in [1.82, 2.24) is 0 Å². The molecular weight excluding hydrogens is 454 g/mol. The number of amides is 1. The topological polar surface area (TPSA) is 100 Å². The predicted octanol–water partition coefficient (Wildman–Crippen LogP) is 5.82. The van der Waals surface area contributed by atoms with Crippen LogP contribution in [0.2, 0.25) is 0 Å². The second-order valence-electron chi connectivity index (χ2n) is 7.76. The maximum Gasteiger partial charge on any atom is 0.355 e. The van der Waals surface area contributed by atoms with Gasteiger partial charge in [0.15, 0.2) is 5.60 Å². The molecule has 1 amide bonds. The zero-order chi connectivity index (χ0) is 25.2. The summed E-state index contributed by atoms with van der Waals surface area (Å²) >= 11 is 0. The van der Waals surface area contributed by atoms with E-state index in [1.807, 2.05) is 30.3 Å². The van der Waals surface area contributed by atoms with Crippen LogP contribution in [0.25, 0.3) is 6.08 Å². The van der Waals surface area contributed by atoms with Crippen LogP contribution in [0.1, 0.15) is 16.7 Å². The summed E-state index contributed by atoms with van der Waals surface area (Å²) in [4.78, 5) is 30.0. The van der Waals surface area contributed by atoms with Gasteiger partial charge in [0.25, 0.3) is 0 Å². The summed E-state index contributed by atoms with van der Waals surface area (Å²) in [6, 6.07) is 33.0. The number of nitrogens with one attached hydrogen (secondary N) is 1. The molecule has 0 radical (unpaired) electrons. The van der Waals surface area contributed by atoms with Gasteiger partial charge in [-0.1, -0.05) is 91.0 Å². The maximum absolute atomic E-state index is 13.1. The van der Waals surface area contributed by atoms with Gasteiger partial charge in [0.1, 0.15) is 0 Å². The smallest absolute Gasteiger partial charge is 0.355 e. The second-order valence-corrected chi connectivity index (χ2v) is 7.76. The number of hydrogen-bond acceptors (Lipinski definition) is 6. The number of anilines is 1. The minimum atomic E-state index is -1.98. The molecule has 0 bridgehead atoms. The first-order valence-corrected chi connectivity index (χ1v) is 11.2. The number of carbonyl (C=O) groups is 2. The monoisotopic (exact) mass is 477 g/mol. The van der Waals surface area contributed by atoms with E-state index in [0.29, 0.717) is 22.5 Å². The molecule has 0 spiro atoms. The lowest BCUT2D eigenvalue weighted by Gasteiger charge is -2.25. The van der Waals surface area contributed by atoms with Crippen molar-refractivity contribution < 1.29 is 19.5 Å². The van der Waals surface area contributed by atoms with Crippen LogP contribution in [0.5, 0.6) is 0 Å². The van der Waals surface area contributed by atoms with Gasteiger partial charge in [0.2, 0.25) is 0 Å². The SMILES string of the molecule is O=C(C=Cc1ccccc1)ONc1ccc(N=NC(=O)C(O)(c2ccccc2)c2ccccc2)cc1. The third-order valence-corrected chi connectivity index (χ3v) is 5.30. The highest BCUT2D eigenvalue weighted by Gasteiger charge is 2.40. The van der Waals surface area contributed by atoms with Crippen LogP contribution in [0.4, 0.5) is 11.4 Å². The van der Waals surface area contributed by atoms with Crippen molar-refractivity contribution in [2.75, 3.05) is 5.48 Å². The molecule has 4 rings (SSSR count). The quantitative estimate of drug-likeness (QED) is 0.189. The van der Waals surface area contributed by atoms with E-state index in [0.717, 1.165) is 5.56 Å². The van der Waals surface area contributed by atoms with E-state index in [4.69, 9.17) is 4.84 Å². The van der Waals surface area contributed by atoms with E-state index in [1.165, 1.54) is 6.08 Å². The van der Waals surface area contributed by atoms with Crippen molar-refractivity contribution in [3.05, 3.63) is 138 Å². The molecule has 4 aromatic carbocycles. The van der Waals surface area contributed by atoms with Gasteiger partial charge in [0.05, 0.1) is 11.4 Å². The van der Waals surface area contributed by atoms with Crippen LogP contribution in [0.15, 0.2) is 132 Å². The zero-order valence-corrected chi connectivity index (χ0v) is 19.2. The first-order valence-electron chi connectivity index (χ1n) is 11.2. The predicted molar refractivity (Wildman–Crippen MR) is 137 cm³/mol. The van der Waals surface area contributed by atoms with Crippen LogP contribution >= 0.6 is 0 Å². The molecule has 0 heterocycles. The number of rotatable bonds is 8. The van der Waals surface area contributed by atoms with Gasteiger partial charge in [0, 0.05) is 6.08 Å². The summed E-state index contributed by atoms with van der Waals surface area (Å²) < 4.78 is 0. The summed E-state index contributed by atoms with van der Waals surface area (Å²) in [5, 5.41) is 19.2. The van der Waals surface area contributed by atoms with Crippen molar-refractivity contribution in [3.63, 3.8) is 0 Å². The highest BCUT2D eigenvalue weighted by atomic mass is 16.7. The maximum atomic E-state index is 13.1. The van der Waals surface area contributed by atoms with E-state index in [9.17, 15) is 14.7 Å². The fourth-order valence-electron chi connectivity index (χ4n) is 3.42. The fraction of sp³-hybridized carbons (Fsp3) is 0.0345. The number of nitrogens with zero attached hydrogens (tertiary/aromatic N) is 2. The summed E-state index contributed by atoms with van der Waals surface area (Å²) in [5.41, 5.74) is 3.13. The minimum absolute atomic E-state index is 0.382. The second kappa shape index (κ2) is 11.5. The molecule has 0 saturated heterocycles. The van der Waals surface area contributed by atoms with E-state index < -0.39 is 17.5 Å². The summed E-state index contributed by atoms with van der Waals surface area (Å²) in [7, 11) is 0. The number of aliphatic hydroxyl groups is 1. The fourth-order valence-corrected chi connectivity index (χ4v) is 3.42. The largest absolute Gasteiger partial charge is 0.372 e. The molecule has 36 heavy (non-hydrogen) atoms. The highest BCUT2D eigenvalue weighted by molar-refractivity contribution is 5.90. The lowest BCUT2D eigenvalue weighted by molar-refractivity contribution is -0.135. The first kappa shape index (κ1) is 24.3. The highest BCUT2D eigenvalue weighted by Crippen LogP contribution is 2.31. The lowest BCUT2D eigenvalue weighted by Crippen LogP contribution is -2.35. The van der Waals surface area contributed by atoms with Crippen LogP contribution in [-0.4, -0.2) is 17.0 Å². The molecule has 0 fully saturated rings. The molecule has 0 atom stereocenters. The molecule has 0 aliphatic heterocycles. The molecule has 0 aromatic heterocycles. The Labute approximate surface area is 208 Å². The van der Waals surface area contributed by atoms with E-state index in [1.54, 1.807) is 91.0 Å². The molecule has 7 nitrogen and oxygen atoms in total. The van der Waals surface area contributed by atoms with Gasteiger partial charge in [-0.3, -0.25) is 4.79 Å². The third-order valence-electron chi connectivity index (χ3n) is 5.30. The summed E-state index contributed by atoms with van der Waals surface area (Å²) in [6.07, 6.45) is 2.97. The van der Waals surface area contributed by atoms with Crippen molar-refractivity contribution in [3.8, 4) is 0 Å². The normalized spacial score (nSPS) is 11.5. The Morgan fingerprint density at radius 3 is 1.83 bits per heavy atom. The number of benzene rings is 4. The van der Waals surface area contributed by atoms with Crippen molar-refractivity contribution in [2.24, 2.45) is 10.2 Å². The summed E-state index contributed by atoms with van der Waals surface area (Å²) in [6.45, 7) is 0. The van der Waals surface area contributed by atoms with Crippen molar-refractivity contribution >= 4 is 29.3 Å². The molecule has 4 aromatic rings. The number of carbonyl (C=O) groups excluding carboxylic acids is 2. The number of azo groups is 1. The van der Waals surface area contributed by atoms with Gasteiger partial charge < -0.3 is 9.94 Å². The molecule has 0 aliphatic carbocycles. The Morgan fingerprint density at radius 1 is 0.750 bits per heavy atom. The standard InChI is InChI=1S/C29H23N3O4/c33-27(21-16-22-10-4-1-5-11-22)36-32-26-19-17-25(18-20-26)30-31-28(34)29(35,23-12-6-2-7-13-23)24-14-8-3-9-15-24/h1-21,32,35H. The molecule has 2 N–H and O–H groups in total. The Kier molecular flexibility index (Phi) is 7.75. The molecule has 0 unspecified atom stereocenters. The summed E-state index contributed by atoms with van der Waals surface area (Å²) in [5.74, 6) is -1.38. The Balaban J connectivity index is 1.41. The average molecular weight is 478 g/mol. The molecule has 178 valence electrons.